The summed E-state index contributed by atoms with van der Waals surface area (Å²) < 4.78 is 42.1. The minimum atomic E-state index is -0.981. The van der Waals surface area contributed by atoms with Crippen molar-refractivity contribution >= 4 is 22.9 Å². The third-order valence-electron chi connectivity index (χ3n) is 6.61. The van der Waals surface area contributed by atoms with Gasteiger partial charge in [-0.25, -0.2) is 27.9 Å². The molecule has 1 saturated heterocycles. The number of aromatic amines is 1. The van der Waals surface area contributed by atoms with E-state index in [-0.39, 0.29) is 41.7 Å². The van der Waals surface area contributed by atoms with Crippen molar-refractivity contribution in [1.29, 1.82) is 5.26 Å². The number of halogens is 3. The van der Waals surface area contributed by atoms with Gasteiger partial charge in [0, 0.05) is 35.8 Å². The van der Waals surface area contributed by atoms with Crippen molar-refractivity contribution in [2.24, 2.45) is 0 Å². The number of amides is 2. The van der Waals surface area contributed by atoms with E-state index in [1.54, 1.807) is 6.20 Å². The summed E-state index contributed by atoms with van der Waals surface area (Å²) in [7, 11) is 0. The monoisotopic (exact) mass is 483 g/mol. The van der Waals surface area contributed by atoms with Crippen molar-refractivity contribution in [1.82, 2.24) is 25.2 Å². The van der Waals surface area contributed by atoms with Gasteiger partial charge in [0.1, 0.15) is 23.7 Å². The highest BCUT2D eigenvalue weighted by Crippen LogP contribution is 2.32. The number of carbonyl (C=O) groups excluding carboxylic acids is 1. The first-order chi connectivity index (χ1) is 16.9. The zero-order valence-electron chi connectivity index (χ0n) is 18.8. The van der Waals surface area contributed by atoms with Crippen molar-refractivity contribution in [2.45, 2.75) is 50.4 Å². The van der Waals surface area contributed by atoms with Gasteiger partial charge in [-0.3, -0.25) is 0 Å². The van der Waals surface area contributed by atoms with Gasteiger partial charge in [0.25, 0.3) is 0 Å². The third-order valence-corrected chi connectivity index (χ3v) is 6.61. The van der Waals surface area contributed by atoms with Crippen LogP contribution in [0.5, 0.6) is 0 Å². The Labute approximate surface area is 199 Å². The Hall–Kier alpha value is -3.81. The molecule has 0 aromatic carbocycles. The number of urea groups is 1. The van der Waals surface area contributed by atoms with E-state index in [4.69, 9.17) is 0 Å². The maximum atomic E-state index is 14.9. The largest absolute Gasteiger partial charge is 0.365 e. The Morgan fingerprint density at radius 3 is 2.83 bits per heavy atom. The molecule has 0 bridgehead atoms. The molecule has 2 aliphatic rings. The lowest BCUT2D eigenvalue weighted by molar-refractivity contribution is 0.195. The molecule has 2 amide bonds. The minimum absolute atomic E-state index is 0.0174. The number of anilines is 1. The van der Waals surface area contributed by atoms with Crippen LogP contribution in [-0.2, 0) is 0 Å². The SMILES string of the molecule is N#Cc1cc(F)c(N[C@@H]2CCC[C@H](NC(=O)N3CC[C@@H](F)C3)C2)nc1-c1c[nH]c2ncc(F)cc12. The average molecular weight is 483 g/mol. The van der Waals surface area contributed by atoms with Crippen LogP contribution in [0.3, 0.4) is 0 Å². The second-order valence-electron chi connectivity index (χ2n) is 9.07. The van der Waals surface area contributed by atoms with Crippen LogP contribution in [0.25, 0.3) is 22.3 Å². The zero-order valence-corrected chi connectivity index (χ0v) is 18.8. The number of H-pyrrole nitrogens is 1. The van der Waals surface area contributed by atoms with Gasteiger partial charge < -0.3 is 20.5 Å². The fourth-order valence-electron chi connectivity index (χ4n) is 4.87. The second-order valence-corrected chi connectivity index (χ2v) is 9.07. The predicted molar refractivity (Wildman–Crippen MR) is 123 cm³/mol. The molecule has 2 fully saturated rings. The number of rotatable bonds is 4. The lowest BCUT2D eigenvalue weighted by atomic mass is 9.91. The molecule has 1 aliphatic carbocycles. The van der Waals surface area contributed by atoms with E-state index in [1.807, 2.05) is 6.07 Å². The standard InChI is InChI=1S/C24H24F3N7O/c25-14-4-5-34(12-14)24(35)32-17-3-1-2-16(8-17)31-23-20(27)6-13(9-28)21(33-23)19-11-30-22-18(19)7-15(26)10-29-22/h6-7,10-11,14,16-17H,1-5,8,12H2,(H,29,30)(H,31,33)(H,32,35)/t14-,16-,17+/m1/s1. The molecular weight excluding hydrogens is 459 g/mol. The van der Waals surface area contributed by atoms with E-state index >= 15 is 0 Å². The molecular formula is C24H24F3N7O. The first-order valence-electron chi connectivity index (χ1n) is 11.6. The molecule has 1 saturated carbocycles. The van der Waals surface area contributed by atoms with Gasteiger partial charge in [-0.1, -0.05) is 0 Å². The van der Waals surface area contributed by atoms with E-state index in [9.17, 15) is 23.2 Å². The molecule has 5 rings (SSSR count). The van der Waals surface area contributed by atoms with Gasteiger partial charge in [0.05, 0.1) is 24.0 Å². The van der Waals surface area contributed by atoms with Crippen LogP contribution in [0.1, 0.15) is 37.7 Å². The van der Waals surface area contributed by atoms with Gasteiger partial charge in [-0.15, -0.1) is 0 Å². The lowest BCUT2D eigenvalue weighted by Gasteiger charge is -2.32. The first-order valence-corrected chi connectivity index (χ1v) is 11.6. The Morgan fingerprint density at radius 1 is 1.23 bits per heavy atom. The number of nitrogens with zero attached hydrogens (tertiary/aromatic N) is 4. The molecule has 11 heteroatoms. The number of alkyl halides is 1. The summed E-state index contributed by atoms with van der Waals surface area (Å²) in [4.78, 5) is 25.2. The molecule has 35 heavy (non-hydrogen) atoms. The third kappa shape index (κ3) is 4.73. The van der Waals surface area contributed by atoms with Crippen LogP contribution in [-0.4, -0.2) is 57.2 Å². The summed E-state index contributed by atoms with van der Waals surface area (Å²) in [5.74, 6) is -1.23. The minimum Gasteiger partial charge on any atom is -0.365 e. The molecule has 3 aromatic rings. The molecule has 3 atom stereocenters. The van der Waals surface area contributed by atoms with E-state index in [1.165, 1.54) is 11.0 Å². The summed E-state index contributed by atoms with van der Waals surface area (Å²) >= 11 is 0. The molecule has 0 spiro atoms. The summed E-state index contributed by atoms with van der Waals surface area (Å²) in [6.07, 6.45) is 4.91. The normalized spacial score (nSPS) is 22.2. The highest BCUT2D eigenvalue weighted by atomic mass is 19.1. The first kappa shape index (κ1) is 23.0. The van der Waals surface area contributed by atoms with E-state index < -0.39 is 17.8 Å². The number of carbonyl (C=O) groups is 1. The van der Waals surface area contributed by atoms with E-state index in [2.05, 4.69) is 25.6 Å². The summed E-state index contributed by atoms with van der Waals surface area (Å²) in [5, 5.41) is 16.1. The Bertz CT molecular complexity index is 1300. The molecule has 8 nitrogen and oxygen atoms in total. The molecule has 0 unspecified atom stereocenters. The average Bonchev–Trinajstić information content (AvgIpc) is 3.46. The highest BCUT2D eigenvalue weighted by molar-refractivity contribution is 5.94. The van der Waals surface area contributed by atoms with Crippen LogP contribution in [0.2, 0.25) is 0 Å². The van der Waals surface area contributed by atoms with Crippen LogP contribution in [0, 0.1) is 23.0 Å². The number of fused-ring (bicyclic) bond motifs is 1. The number of nitriles is 1. The van der Waals surface area contributed by atoms with Gasteiger partial charge in [-0.05, 0) is 44.2 Å². The number of aromatic nitrogens is 3. The Kier molecular flexibility index (Phi) is 6.19. The maximum absolute atomic E-state index is 14.9. The molecule has 4 heterocycles. The van der Waals surface area contributed by atoms with Crippen molar-refractivity contribution < 1.29 is 18.0 Å². The Morgan fingerprint density at radius 2 is 2.06 bits per heavy atom. The van der Waals surface area contributed by atoms with Crippen LogP contribution < -0.4 is 10.6 Å². The van der Waals surface area contributed by atoms with Crippen molar-refractivity contribution in [3.8, 4) is 17.3 Å². The van der Waals surface area contributed by atoms with Crippen LogP contribution >= 0.6 is 0 Å². The zero-order chi connectivity index (χ0) is 24.5. The van der Waals surface area contributed by atoms with Gasteiger partial charge in [0.15, 0.2) is 11.6 Å². The van der Waals surface area contributed by atoms with Gasteiger partial charge in [0.2, 0.25) is 0 Å². The van der Waals surface area contributed by atoms with E-state index in [0.717, 1.165) is 31.5 Å². The topological polar surface area (TPSA) is 110 Å². The highest BCUT2D eigenvalue weighted by Gasteiger charge is 2.30. The summed E-state index contributed by atoms with van der Waals surface area (Å²) in [6, 6.07) is 3.79. The quantitative estimate of drug-likeness (QED) is 0.514. The van der Waals surface area contributed by atoms with Crippen LogP contribution in [0.4, 0.5) is 23.8 Å². The molecule has 1 aliphatic heterocycles. The fraction of sp³-hybridized carbons (Fsp3) is 0.417. The number of hydrogen-bond acceptors (Lipinski definition) is 5. The van der Waals surface area contributed by atoms with E-state index in [0.29, 0.717) is 36.0 Å². The molecule has 3 aromatic heterocycles. The van der Waals surface area contributed by atoms with Crippen molar-refractivity contribution in [3.05, 3.63) is 41.7 Å². The fourth-order valence-corrected chi connectivity index (χ4v) is 4.87. The van der Waals surface area contributed by atoms with Crippen molar-refractivity contribution in [3.63, 3.8) is 0 Å². The Balaban J connectivity index is 1.35. The van der Waals surface area contributed by atoms with Crippen LogP contribution in [0.15, 0.2) is 24.5 Å². The number of hydrogen-bond donors (Lipinski definition) is 3. The summed E-state index contributed by atoms with van der Waals surface area (Å²) in [6.45, 7) is 0.508. The number of likely N-dealkylation sites (tertiary alicyclic amines) is 1. The number of nitrogens with one attached hydrogen (secondary N) is 3. The van der Waals surface area contributed by atoms with Gasteiger partial charge in [-0.2, -0.15) is 5.26 Å². The smallest absolute Gasteiger partial charge is 0.317 e. The molecule has 182 valence electrons. The lowest BCUT2D eigenvalue weighted by Crippen LogP contribution is -2.47. The molecule has 0 radical (unpaired) electrons. The summed E-state index contributed by atoms with van der Waals surface area (Å²) in [5.41, 5.74) is 1.10. The maximum Gasteiger partial charge on any atom is 0.317 e. The second kappa shape index (κ2) is 9.44. The predicted octanol–water partition coefficient (Wildman–Crippen LogP) is 4.25. The van der Waals surface area contributed by atoms with Crippen molar-refractivity contribution in [2.75, 3.05) is 18.4 Å². The molecule has 3 N–H and O–H groups in total. The number of pyridine rings is 2. The van der Waals surface area contributed by atoms with Gasteiger partial charge >= 0.3 is 6.03 Å².